The number of hydrogen-bond acceptors (Lipinski definition) is 4. The molecule has 0 atom stereocenters. The Morgan fingerprint density at radius 2 is 1.92 bits per heavy atom. The van der Waals surface area contributed by atoms with Gasteiger partial charge in [0.1, 0.15) is 12.0 Å². The fourth-order valence-electron chi connectivity index (χ4n) is 2.79. The second kappa shape index (κ2) is 7.92. The first-order valence-corrected chi connectivity index (χ1v) is 8.24. The van der Waals surface area contributed by atoms with E-state index in [4.69, 9.17) is 9.15 Å². The molecule has 0 aliphatic carbocycles. The molecule has 8 heteroatoms. The Bertz CT molecular complexity index is 752. The van der Waals surface area contributed by atoms with Crippen LogP contribution in [0.5, 0.6) is 0 Å². The lowest BCUT2D eigenvalue weighted by molar-refractivity contribution is -0.138. The SMILES string of the molecule is O=C(NCc1ccccc1C(F)(F)F)c1coc(CN2CCOCC2)c1. The average Bonchev–Trinajstić information content (AvgIpc) is 3.08. The standard InChI is InChI=1S/C18H19F3N2O3/c19-18(20,21)16-4-2-1-3-13(16)10-22-17(24)14-9-15(26-12-14)11-23-5-7-25-8-6-23/h1-4,9,12H,5-8,10-11H2,(H,22,24). The van der Waals surface area contributed by atoms with Crippen molar-refractivity contribution in [2.24, 2.45) is 0 Å². The van der Waals surface area contributed by atoms with E-state index in [1.807, 2.05) is 0 Å². The topological polar surface area (TPSA) is 54.7 Å². The van der Waals surface area contributed by atoms with Crippen LogP contribution in [0.4, 0.5) is 13.2 Å². The molecule has 0 spiro atoms. The summed E-state index contributed by atoms with van der Waals surface area (Å²) in [6.07, 6.45) is -3.14. The van der Waals surface area contributed by atoms with Crippen LogP contribution < -0.4 is 5.32 Å². The number of furan rings is 1. The fraction of sp³-hybridized carbons (Fsp3) is 0.389. The van der Waals surface area contributed by atoms with Gasteiger partial charge in [0.05, 0.1) is 30.9 Å². The molecule has 0 radical (unpaired) electrons. The zero-order chi connectivity index (χ0) is 18.6. The van der Waals surface area contributed by atoms with Gasteiger partial charge in [-0.2, -0.15) is 13.2 Å². The van der Waals surface area contributed by atoms with E-state index in [1.165, 1.54) is 24.5 Å². The number of nitrogens with one attached hydrogen (secondary N) is 1. The van der Waals surface area contributed by atoms with E-state index < -0.39 is 17.6 Å². The number of nitrogens with zero attached hydrogens (tertiary/aromatic N) is 1. The quantitative estimate of drug-likeness (QED) is 0.881. The number of carbonyl (C=O) groups is 1. The van der Waals surface area contributed by atoms with Crippen molar-refractivity contribution in [3.05, 3.63) is 59.0 Å². The van der Waals surface area contributed by atoms with Crippen LogP contribution in [0.1, 0.15) is 27.2 Å². The summed E-state index contributed by atoms with van der Waals surface area (Å²) in [5.41, 5.74) is -0.441. The van der Waals surface area contributed by atoms with Gasteiger partial charge in [-0.25, -0.2) is 0 Å². The predicted molar refractivity (Wildman–Crippen MR) is 87.4 cm³/mol. The van der Waals surface area contributed by atoms with E-state index in [9.17, 15) is 18.0 Å². The maximum Gasteiger partial charge on any atom is 0.416 e. The van der Waals surface area contributed by atoms with Crippen LogP contribution in [0, 0.1) is 0 Å². The normalized spacial score (nSPS) is 15.8. The second-order valence-electron chi connectivity index (χ2n) is 6.03. The Kier molecular flexibility index (Phi) is 5.63. The fourth-order valence-corrected chi connectivity index (χ4v) is 2.79. The Labute approximate surface area is 148 Å². The predicted octanol–water partition coefficient (Wildman–Crippen LogP) is 3.06. The van der Waals surface area contributed by atoms with Gasteiger partial charge in [-0.05, 0) is 17.7 Å². The molecule has 1 aromatic heterocycles. The summed E-state index contributed by atoms with van der Waals surface area (Å²) in [4.78, 5) is 14.3. The molecule has 0 unspecified atom stereocenters. The summed E-state index contributed by atoms with van der Waals surface area (Å²) in [6, 6.07) is 6.79. The molecule has 2 aromatic rings. The third kappa shape index (κ3) is 4.64. The van der Waals surface area contributed by atoms with Crippen LogP contribution in [0.15, 0.2) is 41.0 Å². The lowest BCUT2D eigenvalue weighted by atomic mass is 10.1. The van der Waals surface area contributed by atoms with Crippen LogP contribution in [0.3, 0.4) is 0 Å². The number of halogens is 3. The summed E-state index contributed by atoms with van der Waals surface area (Å²) >= 11 is 0. The number of ether oxygens (including phenoxy) is 1. The lowest BCUT2D eigenvalue weighted by Gasteiger charge is -2.25. The van der Waals surface area contributed by atoms with E-state index in [0.29, 0.717) is 25.5 Å². The van der Waals surface area contributed by atoms with Gasteiger partial charge in [0.25, 0.3) is 5.91 Å². The van der Waals surface area contributed by atoms with Crippen molar-refractivity contribution >= 4 is 5.91 Å². The Balaban J connectivity index is 1.59. The van der Waals surface area contributed by atoms with Crippen LogP contribution >= 0.6 is 0 Å². The molecule has 1 N–H and O–H groups in total. The molecule has 0 bridgehead atoms. The van der Waals surface area contributed by atoms with Crippen molar-refractivity contribution in [2.75, 3.05) is 26.3 Å². The van der Waals surface area contributed by atoms with Crippen LogP contribution in [-0.4, -0.2) is 37.1 Å². The van der Waals surface area contributed by atoms with Crippen molar-refractivity contribution in [3.63, 3.8) is 0 Å². The summed E-state index contributed by atoms with van der Waals surface area (Å²) in [7, 11) is 0. The van der Waals surface area contributed by atoms with E-state index in [0.717, 1.165) is 19.2 Å². The highest BCUT2D eigenvalue weighted by atomic mass is 19.4. The number of morpholine rings is 1. The maximum atomic E-state index is 13.0. The molecule has 1 aromatic carbocycles. The second-order valence-corrected chi connectivity index (χ2v) is 6.03. The molecule has 1 amide bonds. The molecular weight excluding hydrogens is 349 g/mol. The number of rotatable bonds is 5. The zero-order valence-electron chi connectivity index (χ0n) is 14.0. The van der Waals surface area contributed by atoms with Gasteiger partial charge in [0.2, 0.25) is 0 Å². The van der Waals surface area contributed by atoms with Crippen molar-refractivity contribution in [2.45, 2.75) is 19.3 Å². The molecule has 0 saturated carbocycles. The highest BCUT2D eigenvalue weighted by molar-refractivity contribution is 5.93. The molecule has 3 rings (SSSR count). The van der Waals surface area contributed by atoms with Gasteiger partial charge in [0, 0.05) is 19.6 Å². The number of benzene rings is 1. The minimum Gasteiger partial charge on any atom is -0.467 e. The van der Waals surface area contributed by atoms with Gasteiger partial charge in [-0.3, -0.25) is 9.69 Å². The molecule has 5 nitrogen and oxygen atoms in total. The van der Waals surface area contributed by atoms with Crippen molar-refractivity contribution in [1.29, 1.82) is 0 Å². The van der Waals surface area contributed by atoms with Gasteiger partial charge in [-0.1, -0.05) is 18.2 Å². The molecule has 1 saturated heterocycles. The van der Waals surface area contributed by atoms with Crippen LogP contribution in [0.25, 0.3) is 0 Å². The summed E-state index contributed by atoms with van der Waals surface area (Å²) in [5.74, 6) is 0.159. The highest BCUT2D eigenvalue weighted by Gasteiger charge is 2.32. The number of alkyl halides is 3. The molecule has 1 fully saturated rings. The molecule has 140 valence electrons. The number of carbonyl (C=O) groups excluding carboxylic acids is 1. The van der Waals surface area contributed by atoms with Gasteiger partial charge >= 0.3 is 6.18 Å². The largest absolute Gasteiger partial charge is 0.467 e. The smallest absolute Gasteiger partial charge is 0.416 e. The molecule has 1 aliphatic rings. The maximum absolute atomic E-state index is 13.0. The van der Waals surface area contributed by atoms with Crippen LogP contribution in [0.2, 0.25) is 0 Å². The van der Waals surface area contributed by atoms with E-state index in [-0.39, 0.29) is 17.7 Å². The first-order valence-electron chi connectivity index (χ1n) is 8.24. The number of hydrogen-bond donors (Lipinski definition) is 1. The minimum atomic E-state index is -4.46. The number of amides is 1. The van der Waals surface area contributed by atoms with Gasteiger partial charge < -0.3 is 14.5 Å². The van der Waals surface area contributed by atoms with Crippen molar-refractivity contribution in [1.82, 2.24) is 10.2 Å². The minimum absolute atomic E-state index is 0.0189. The van der Waals surface area contributed by atoms with Crippen LogP contribution in [-0.2, 0) is 24.0 Å². The molecule has 1 aliphatic heterocycles. The Morgan fingerprint density at radius 3 is 2.65 bits per heavy atom. The summed E-state index contributed by atoms with van der Waals surface area (Å²) in [6.45, 7) is 3.25. The summed E-state index contributed by atoms with van der Waals surface area (Å²) < 4.78 is 49.6. The molecule has 2 heterocycles. The average molecular weight is 368 g/mol. The van der Waals surface area contributed by atoms with E-state index in [1.54, 1.807) is 6.07 Å². The Morgan fingerprint density at radius 1 is 1.19 bits per heavy atom. The van der Waals surface area contributed by atoms with Gasteiger partial charge in [0.15, 0.2) is 0 Å². The highest BCUT2D eigenvalue weighted by Crippen LogP contribution is 2.31. The first-order chi connectivity index (χ1) is 12.4. The Hall–Kier alpha value is -2.32. The first kappa shape index (κ1) is 18.5. The third-order valence-corrected chi connectivity index (χ3v) is 4.16. The van der Waals surface area contributed by atoms with E-state index >= 15 is 0 Å². The molecule has 26 heavy (non-hydrogen) atoms. The third-order valence-electron chi connectivity index (χ3n) is 4.16. The van der Waals surface area contributed by atoms with E-state index in [2.05, 4.69) is 10.2 Å². The zero-order valence-corrected chi connectivity index (χ0v) is 14.0. The summed E-state index contributed by atoms with van der Waals surface area (Å²) in [5, 5.41) is 2.51. The van der Waals surface area contributed by atoms with Gasteiger partial charge in [-0.15, -0.1) is 0 Å². The molecular formula is C18H19F3N2O3. The lowest BCUT2D eigenvalue weighted by Crippen LogP contribution is -2.35. The monoisotopic (exact) mass is 368 g/mol. The van der Waals surface area contributed by atoms with Crippen molar-refractivity contribution < 1.29 is 27.1 Å². The van der Waals surface area contributed by atoms with Crippen molar-refractivity contribution in [3.8, 4) is 0 Å².